The van der Waals surface area contributed by atoms with Gasteiger partial charge in [0, 0.05) is 36.4 Å². The average molecular weight is 318 g/mol. The number of rotatable bonds is 6. The fourth-order valence-electron chi connectivity index (χ4n) is 2.00. The minimum Gasteiger partial charge on any atom is -0.370 e. The Kier molecular flexibility index (Phi) is 5.77. The molecule has 1 atom stereocenters. The maximum Gasteiger partial charge on any atom is 0.315 e. The molecule has 0 fully saturated rings. The van der Waals surface area contributed by atoms with Crippen LogP contribution >= 0.6 is 11.3 Å². The highest BCUT2D eigenvalue weighted by Crippen LogP contribution is 2.13. The number of hydrogen-bond acceptors (Lipinski definition) is 4. The van der Waals surface area contributed by atoms with Gasteiger partial charge in [-0.15, -0.1) is 11.3 Å². The van der Waals surface area contributed by atoms with Crippen molar-refractivity contribution in [3.05, 3.63) is 46.4 Å². The van der Waals surface area contributed by atoms with Gasteiger partial charge in [0.2, 0.25) is 0 Å². The summed E-state index contributed by atoms with van der Waals surface area (Å²) in [4.78, 5) is 18.3. The lowest BCUT2D eigenvalue weighted by Gasteiger charge is -2.27. The van der Waals surface area contributed by atoms with E-state index in [1.54, 1.807) is 11.3 Å². The molecule has 2 aromatic rings. The van der Waals surface area contributed by atoms with Crippen LogP contribution in [0, 0.1) is 6.92 Å². The van der Waals surface area contributed by atoms with E-state index in [4.69, 9.17) is 0 Å². The van der Waals surface area contributed by atoms with Crippen molar-refractivity contribution in [2.45, 2.75) is 26.4 Å². The molecule has 2 rings (SSSR count). The Balaban J connectivity index is 1.73. The van der Waals surface area contributed by atoms with Gasteiger partial charge in [-0.3, -0.25) is 0 Å². The normalized spacial score (nSPS) is 11.8. The molecule has 1 aromatic heterocycles. The lowest BCUT2D eigenvalue weighted by atomic mass is 10.2. The Labute approximate surface area is 135 Å². The maximum absolute atomic E-state index is 11.8. The van der Waals surface area contributed by atoms with Crippen LogP contribution < -0.4 is 15.5 Å². The van der Waals surface area contributed by atoms with Gasteiger partial charge in [0.25, 0.3) is 0 Å². The SMILES string of the molecule is Cc1csc(CNC(=O)NCC(C)N(C)c2ccccc2)n1. The second-order valence-corrected chi connectivity index (χ2v) is 6.18. The first kappa shape index (κ1) is 16.3. The third kappa shape index (κ3) is 4.73. The number of urea groups is 1. The molecule has 0 bridgehead atoms. The number of thiazole rings is 1. The summed E-state index contributed by atoms with van der Waals surface area (Å²) in [6.07, 6.45) is 0. The topological polar surface area (TPSA) is 57.3 Å². The third-order valence-corrected chi connectivity index (χ3v) is 4.42. The number of aromatic nitrogens is 1. The van der Waals surface area contributed by atoms with Gasteiger partial charge in [0.1, 0.15) is 5.01 Å². The summed E-state index contributed by atoms with van der Waals surface area (Å²) >= 11 is 1.56. The zero-order valence-corrected chi connectivity index (χ0v) is 14.0. The molecule has 1 aromatic carbocycles. The second-order valence-electron chi connectivity index (χ2n) is 5.24. The number of hydrogen-bond donors (Lipinski definition) is 2. The lowest BCUT2D eigenvalue weighted by Crippen LogP contribution is -2.43. The third-order valence-electron chi connectivity index (χ3n) is 3.45. The van der Waals surface area contributed by atoms with Crippen LogP contribution in [0.5, 0.6) is 0 Å². The standard InChI is InChI=1S/C16H22N4OS/c1-12-11-22-15(19-12)10-18-16(21)17-9-13(2)20(3)14-7-5-4-6-8-14/h4-8,11,13H,9-10H2,1-3H3,(H2,17,18,21). The zero-order chi connectivity index (χ0) is 15.9. The van der Waals surface area contributed by atoms with Crippen LogP contribution in [0.1, 0.15) is 17.6 Å². The van der Waals surface area contributed by atoms with Crippen LogP contribution in [0.2, 0.25) is 0 Å². The molecule has 0 spiro atoms. The summed E-state index contributed by atoms with van der Waals surface area (Å²) in [6.45, 7) is 5.07. The van der Waals surface area contributed by atoms with Crippen molar-refractivity contribution >= 4 is 23.1 Å². The largest absolute Gasteiger partial charge is 0.370 e. The summed E-state index contributed by atoms with van der Waals surface area (Å²) in [5, 5.41) is 8.62. The van der Waals surface area contributed by atoms with Crippen molar-refractivity contribution in [1.82, 2.24) is 15.6 Å². The molecule has 118 valence electrons. The number of para-hydroxylation sites is 1. The van der Waals surface area contributed by atoms with Gasteiger partial charge in [-0.1, -0.05) is 18.2 Å². The molecule has 6 heteroatoms. The van der Waals surface area contributed by atoms with Crippen molar-refractivity contribution in [1.29, 1.82) is 0 Å². The Morgan fingerprint density at radius 3 is 2.68 bits per heavy atom. The van der Waals surface area contributed by atoms with Crippen LogP contribution in [-0.4, -0.2) is 30.6 Å². The van der Waals surface area contributed by atoms with Crippen LogP contribution in [0.3, 0.4) is 0 Å². The Morgan fingerprint density at radius 2 is 2.05 bits per heavy atom. The lowest BCUT2D eigenvalue weighted by molar-refractivity contribution is 0.240. The van der Waals surface area contributed by atoms with Crippen molar-refractivity contribution < 1.29 is 4.79 Å². The number of anilines is 1. The number of benzene rings is 1. The Hall–Kier alpha value is -2.08. The highest BCUT2D eigenvalue weighted by atomic mass is 32.1. The first-order chi connectivity index (χ1) is 10.6. The predicted molar refractivity (Wildman–Crippen MR) is 91.4 cm³/mol. The van der Waals surface area contributed by atoms with E-state index in [1.807, 2.05) is 37.6 Å². The molecule has 2 amide bonds. The van der Waals surface area contributed by atoms with E-state index in [-0.39, 0.29) is 12.1 Å². The Bertz CT molecular complexity index is 599. The van der Waals surface area contributed by atoms with E-state index in [9.17, 15) is 4.79 Å². The number of nitrogens with zero attached hydrogens (tertiary/aromatic N) is 2. The highest BCUT2D eigenvalue weighted by molar-refractivity contribution is 7.09. The smallest absolute Gasteiger partial charge is 0.315 e. The maximum atomic E-state index is 11.8. The molecule has 0 saturated carbocycles. The molecule has 1 unspecified atom stereocenters. The highest BCUT2D eigenvalue weighted by Gasteiger charge is 2.11. The number of nitrogens with one attached hydrogen (secondary N) is 2. The van der Waals surface area contributed by atoms with Crippen LogP contribution in [0.4, 0.5) is 10.5 Å². The molecule has 5 nitrogen and oxygen atoms in total. The molecule has 1 heterocycles. The van der Waals surface area contributed by atoms with Gasteiger partial charge < -0.3 is 15.5 Å². The molecule has 2 N–H and O–H groups in total. The molecular weight excluding hydrogens is 296 g/mol. The van der Waals surface area contributed by atoms with E-state index < -0.39 is 0 Å². The molecule has 0 aliphatic rings. The van der Waals surface area contributed by atoms with E-state index in [0.717, 1.165) is 16.4 Å². The van der Waals surface area contributed by atoms with E-state index in [1.165, 1.54) is 0 Å². The van der Waals surface area contributed by atoms with Crippen LogP contribution in [0.25, 0.3) is 0 Å². The van der Waals surface area contributed by atoms with E-state index in [0.29, 0.717) is 13.1 Å². The number of carbonyl (C=O) groups excluding carboxylic acids is 1. The van der Waals surface area contributed by atoms with Crippen molar-refractivity contribution in [3.8, 4) is 0 Å². The Morgan fingerprint density at radius 1 is 1.32 bits per heavy atom. The molecule has 0 aliphatic heterocycles. The zero-order valence-electron chi connectivity index (χ0n) is 13.2. The number of aryl methyl sites for hydroxylation is 1. The molecule has 0 aliphatic carbocycles. The molecule has 0 saturated heterocycles. The quantitative estimate of drug-likeness (QED) is 0.861. The van der Waals surface area contributed by atoms with Crippen molar-refractivity contribution in [3.63, 3.8) is 0 Å². The van der Waals surface area contributed by atoms with E-state index in [2.05, 4.69) is 39.6 Å². The van der Waals surface area contributed by atoms with Gasteiger partial charge in [-0.05, 0) is 26.0 Å². The number of likely N-dealkylation sites (N-methyl/N-ethyl adjacent to an activating group) is 1. The van der Waals surface area contributed by atoms with Crippen LogP contribution in [0.15, 0.2) is 35.7 Å². The molecule has 22 heavy (non-hydrogen) atoms. The first-order valence-corrected chi connectivity index (χ1v) is 8.15. The summed E-state index contributed by atoms with van der Waals surface area (Å²) in [7, 11) is 2.03. The van der Waals surface area contributed by atoms with Gasteiger partial charge in [-0.25, -0.2) is 9.78 Å². The van der Waals surface area contributed by atoms with Gasteiger partial charge in [0.05, 0.1) is 6.54 Å². The van der Waals surface area contributed by atoms with E-state index >= 15 is 0 Å². The second kappa shape index (κ2) is 7.79. The number of carbonyl (C=O) groups is 1. The average Bonchev–Trinajstić information content (AvgIpc) is 2.96. The minimum absolute atomic E-state index is 0.166. The van der Waals surface area contributed by atoms with Crippen molar-refractivity contribution in [2.24, 2.45) is 0 Å². The summed E-state index contributed by atoms with van der Waals surface area (Å²) in [6, 6.07) is 10.2. The first-order valence-electron chi connectivity index (χ1n) is 7.27. The fourth-order valence-corrected chi connectivity index (χ4v) is 2.71. The minimum atomic E-state index is -0.166. The summed E-state index contributed by atoms with van der Waals surface area (Å²) in [5.74, 6) is 0. The summed E-state index contributed by atoms with van der Waals surface area (Å²) in [5.41, 5.74) is 2.12. The van der Waals surface area contributed by atoms with Crippen LogP contribution in [-0.2, 0) is 6.54 Å². The predicted octanol–water partition coefficient (Wildman–Crippen LogP) is 2.78. The van der Waals surface area contributed by atoms with Gasteiger partial charge >= 0.3 is 6.03 Å². The van der Waals surface area contributed by atoms with Gasteiger partial charge in [-0.2, -0.15) is 0 Å². The van der Waals surface area contributed by atoms with Crippen molar-refractivity contribution in [2.75, 3.05) is 18.5 Å². The van der Waals surface area contributed by atoms with Gasteiger partial charge in [0.15, 0.2) is 0 Å². The fraction of sp³-hybridized carbons (Fsp3) is 0.375. The number of amides is 2. The molecule has 0 radical (unpaired) electrons. The monoisotopic (exact) mass is 318 g/mol. The summed E-state index contributed by atoms with van der Waals surface area (Å²) < 4.78 is 0. The molecular formula is C16H22N4OS.